The molecule has 3 rings (SSSR count). The van der Waals surface area contributed by atoms with E-state index in [0.717, 1.165) is 30.3 Å². The zero-order chi connectivity index (χ0) is 13.1. The summed E-state index contributed by atoms with van der Waals surface area (Å²) in [5.41, 5.74) is 2.50. The lowest BCUT2D eigenvalue weighted by atomic mass is 10.0. The number of rotatable bonds is 3. The van der Waals surface area contributed by atoms with Crippen molar-refractivity contribution in [2.75, 3.05) is 6.61 Å². The monoisotopic (exact) mass is 273 g/mol. The average molecular weight is 274 g/mol. The molecule has 0 spiro atoms. The van der Waals surface area contributed by atoms with Gasteiger partial charge in [-0.25, -0.2) is 0 Å². The number of benzene rings is 2. The van der Waals surface area contributed by atoms with Crippen LogP contribution >= 0.6 is 11.6 Å². The van der Waals surface area contributed by atoms with Gasteiger partial charge in [0, 0.05) is 29.6 Å². The van der Waals surface area contributed by atoms with Crippen molar-refractivity contribution in [3.05, 3.63) is 64.7 Å². The van der Waals surface area contributed by atoms with E-state index >= 15 is 0 Å². The number of halogens is 1. The highest BCUT2D eigenvalue weighted by atomic mass is 35.5. The summed E-state index contributed by atoms with van der Waals surface area (Å²) in [6.45, 7) is 1.60. The Bertz CT molecular complexity index is 556. The quantitative estimate of drug-likeness (QED) is 0.914. The van der Waals surface area contributed by atoms with E-state index in [1.165, 1.54) is 11.1 Å². The van der Waals surface area contributed by atoms with Crippen LogP contribution in [0.5, 0.6) is 5.75 Å². The summed E-state index contributed by atoms with van der Waals surface area (Å²) in [6.07, 6.45) is 0.988. The molecular formula is C16H16ClNO. The van der Waals surface area contributed by atoms with Crippen LogP contribution in [0.25, 0.3) is 0 Å². The van der Waals surface area contributed by atoms with Gasteiger partial charge in [-0.3, -0.25) is 0 Å². The van der Waals surface area contributed by atoms with Crippen LogP contribution in [-0.2, 0) is 6.54 Å². The first-order valence-corrected chi connectivity index (χ1v) is 6.90. The molecule has 98 valence electrons. The van der Waals surface area contributed by atoms with E-state index in [0.29, 0.717) is 6.04 Å². The summed E-state index contributed by atoms with van der Waals surface area (Å²) in [4.78, 5) is 0. The van der Waals surface area contributed by atoms with Crippen molar-refractivity contribution in [1.82, 2.24) is 5.32 Å². The van der Waals surface area contributed by atoms with Gasteiger partial charge in [-0.2, -0.15) is 0 Å². The van der Waals surface area contributed by atoms with Crippen LogP contribution in [-0.4, -0.2) is 6.61 Å². The molecule has 2 aromatic carbocycles. The van der Waals surface area contributed by atoms with E-state index in [-0.39, 0.29) is 0 Å². The van der Waals surface area contributed by atoms with Crippen LogP contribution in [0.2, 0.25) is 5.02 Å². The van der Waals surface area contributed by atoms with E-state index in [1.54, 1.807) is 0 Å². The molecule has 3 heteroatoms. The first-order valence-electron chi connectivity index (χ1n) is 6.52. The molecule has 0 fully saturated rings. The third kappa shape index (κ3) is 2.91. The summed E-state index contributed by atoms with van der Waals surface area (Å²) in [6, 6.07) is 16.6. The lowest BCUT2D eigenvalue weighted by Crippen LogP contribution is -2.26. The van der Waals surface area contributed by atoms with Crippen molar-refractivity contribution in [1.29, 1.82) is 0 Å². The van der Waals surface area contributed by atoms with Crippen molar-refractivity contribution >= 4 is 11.6 Å². The maximum atomic E-state index is 6.00. The third-order valence-electron chi connectivity index (χ3n) is 3.41. The summed E-state index contributed by atoms with van der Waals surface area (Å²) in [5, 5.41) is 4.31. The first kappa shape index (κ1) is 12.5. The van der Waals surface area contributed by atoms with Crippen molar-refractivity contribution in [2.45, 2.75) is 19.0 Å². The molecule has 0 bridgehead atoms. The molecule has 1 heterocycles. The molecule has 0 aliphatic carbocycles. The van der Waals surface area contributed by atoms with Crippen LogP contribution in [0, 0.1) is 0 Å². The molecule has 1 unspecified atom stereocenters. The second kappa shape index (κ2) is 5.64. The van der Waals surface area contributed by atoms with Gasteiger partial charge in [-0.1, -0.05) is 48.0 Å². The summed E-state index contributed by atoms with van der Waals surface area (Å²) in [5.74, 6) is 0.907. The Labute approximate surface area is 118 Å². The van der Waals surface area contributed by atoms with Gasteiger partial charge < -0.3 is 10.1 Å². The highest BCUT2D eigenvalue weighted by Gasteiger charge is 2.20. The molecule has 1 aliphatic rings. The number of nitrogens with one attached hydrogen (secondary N) is 1. The van der Waals surface area contributed by atoms with Crippen molar-refractivity contribution in [2.24, 2.45) is 0 Å². The lowest BCUT2D eigenvalue weighted by molar-refractivity contribution is 0.252. The lowest BCUT2D eigenvalue weighted by Gasteiger charge is -2.27. The summed E-state index contributed by atoms with van der Waals surface area (Å²) < 4.78 is 5.66. The average Bonchev–Trinajstić information content (AvgIpc) is 2.45. The maximum Gasteiger partial charge on any atom is 0.125 e. The Morgan fingerprint density at radius 3 is 2.84 bits per heavy atom. The summed E-state index contributed by atoms with van der Waals surface area (Å²) >= 11 is 6.00. The van der Waals surface area contributed by atoms with E-state index in [9.17, 15) is 0 Å². The molecule has 0 aromatic heterocycles. The van der Waals surface area contributed by atoms with Crippen molar-refractivity contribution in [3.8, 4) is 5.75 Å². The number of hydrogen-bond acceptors (Lipinski definition) is 2. The Hall–Kier alpha value is -1.51. The molecule has 1 aliphatic heterocycles. The van der Waals surface area contributed by atoms with Gasteiger partial charge in [0.1, 0.15) is 5.75 Å². The zero-order valence-electron chi connectivity index (χ0n) is 10.6. The molecule has 0 amide bonds. The minimum absolute atomic E-state index is 0.334. The van der Waals surface area contributed by atoms with E-state index in [4.69, 9.17) is 16.3 Å². The number of hydrogen-bond donors (Lipinski definition) is 1. The van der Waals surface area contributed by atoms with Gasteiger partial charge in [0.15, 0.2) is 0 Å². The molecule has 2 nitrogen and oxygen atoms in total. The Morgan fingerprint density at radius 1 is 1.16 bits per heavy atom. The molecule has 0 saturated carbocycles. The zero-order valence-corrected chi connectivity index (χ0v) is 11.4. The van der Waals surface area contributed by atoms with Gasteiger partial charge in [0.2, 0.25) is 0 Å². The van der Waals surface area contributed by atoms with Crippen LogP contribution in [0.15, 0.2) is 48.5 Å². The van der Waals surface area contributed by atoms with Gasteiger partial charge in [0.05, 0.1) is 6.61 Å². The highest BCUT2D eigenvalue weighted by Crippen LogP contribution is 2.34. The predicted octanol–water partition coefficient (Wildman–Crippen LogP) is 3.95. The number of ether oxygens (including phenoxy) is 1. The smallest absolute Gasteiger partial charge is 0.125 e. The first-order chi connectivity index (χ1) is 9.33. The normalized spacial score (nSPS) is 17.6. The molecule has 0 saturated heterocycles. The number of fused-ring (bicyclic) bond motifs is 1. The largest absolute Gasteiger partial charge is 0.493 e. The maximum absolute atomic E-state index is 6.00. The standard InChI is InChI=1S/C16H16ClNO/c17-13-6-7-14-15(8-9-19-16(14)10-13)18-11-12-4-2-1-3-5-12/h1-7,10,15,18H,8-9,11H2. The summed E-state index contributed by atoms with van der Waals surface area (Å²) in [7, 11) is 0. The fourth-order valence-corrected chi connectivity index (χ4v) is 2.57. The van der Waals surface area contributed by atoms with E-state index in [2.05, 4.69) is 35.6 Å². The van der Waals surface area contributed by atoms with Crippen molar-refractivity contribution < 1.29 is 4.74 Å². The molecule has 1 atom stereocenters. The molecule has 0 radical (unpaired) electrons. The van der Waals surface area contributed by atoms with Crippen molar-refractivity contribution in [3.63, 3.8) is 0 Å². The SMILES string of the molecule is Clc1ccc2c(c1)OCCC2NCc1ccccc1. The minimum atomic E-state index is 0.334. The fourth-order valence-electron chi connectivity index (χ4n) is 2.41. The fraction of sp³-hybridized carbons (Fsp3) is 0.250. The Kier molecular flexibility index (Phi) is 3.72. The second-order valence-electron chi connectivity index (χ2n) is 4.74. The molecular weight excluding hydrogens is 258 g/mol. The topological polar surface area (TPSA) is 21.3 Å². The molecule has 1 N–H and O–H groups in total. The van der Waals surface area contributed by atoms with Crippen LogP contribution in [0.1, 0.15) is 23.6 Å². The second-order valence-corrected chi connectivity index (χ2v) is 5.17. The molecule has 19 heavy (non-hydrogen) atoms. The highest BCUT2D eigenvalue weighted by molar-refractivity contribution is 6.30. The van der Waals surface area contributed by atoms with Gasteiger partial charge in [-0.15, -0.1) is 0 Å². The third-order valence-corrected chi connectivity index (χ3v) is 3.65. The van der Waals surface area contributed by atoms with Crippen LogP contribution in [0.4, 0.5) is 0 Å². The van der Waals surface area contributed by atoms with Gasteiger partial charge in [-0.05, 0) is 17.7 Å². The van der Waals surface area contributed by atoms with E-state index in [1.807, 2.05) is 18.2 Å². The van der Waals surface area contributed by atoms with Gasteiger partial charge >= 0.3 is 0 Å². The Morgan fingerprint density at radius 2 is 2.00 bits per heavy atom. The minimum Gasteiger partial charge on any atom is -0.493 e. The molecule has 2 aromatic rings. The van der Waals surface area contributed by atoms with Crippen LogP contribution in [0.3, 0.4) is 0 Å². The predicted molar refractivity (Wildman–Crippen MR) is 77.6 cm³/mol. The van der Waals surface area contributed by atoms with Crippen LogP contribution < -0.4 is 10.1 Å². The van der Waals surface area contributed by atoms with E-state index < -0.39 is 0 Å². The van der Waals surface area contributed by atoms with Gasteiger partial charge in [0.25, 0.3) is 0 Å². The Balaban J connectivity index is 1.73.